The summed E-state index contributed by atoms with van der Waals surface area (Å²) in [5, 5.41) is 3.33. The first-order valence-electron chi connectivity index (χ1n) is 10.1. The van der Waals surface area contributed by atoms with Crippen molar-refractivity contribution in [1.82, 2.24) is 5.32 Å². The molecule has 1 atom stereocenters. The predicted molar refractivity (Wildman–Crippen MR) is 134 cm³/mol. The van der Waals surface area contributed by atoms with Crippen LogP contribution in [0.3, 0.4) is 0 Å². The first-order valence-corrected chi connectivity index (χ1v) is 12.7. The number of ether oxygens (including phenoxy) is 1. The molecule has 0 aliphatic carbocycles. The highest BCUT2D eigenvalue weighted by atomic mass is 79.9. The summed E-state index contributed by atoms with van der Waals surface area (Å²) in [6, 6.07) is 18.4. The van der Waals surface area contributed by atoms with Crippen LogP contribution in [0.2, 0.25) is 5.02 Å². The second-order valence-corrected chi connectivity index (χ2v) is 10.7. The van der Waals surface area contributed by atoms with Crippen LogP contribution in [0.15, 0.2) is 76.1 Å². The van der Waals surface area contributed by atoms with Gasteiger partial charge < -0.3 is 10.1 Å². The molecule has 0 aliphatic rings. The normalized spacial score (nSPS) is 12.2. The maximum atomic E-state index is 13.7. The monoisotopic (exact) mass is 550 g/mol. The Bertz CT molecular complexity index is 1250. The summed E-state index contributed by atoms with van der Waals surface area (Å²) in [7, 11) is -2.73. The van der Waals surface area contributed by atoms with Gasteiger partial charge in [-0.1, -0.05) is 45.7 Å². The number of halogens is 2. The molecule has 3 aromatic carbocycles. The molecule has 174 valence electrons. The van der Waals surface area contributed by atoms with Crippen LogP contribution < -0.4 is 14.4 Å². The number of nitrogens with one attached hydrogen (secondary N) is 1. The number of carbonyl (C=O) groups is 1. The van der Waals surface area contributed by atoms with Crippen molar-refractivity contribution in [3.05, 3.63) is 87.4 Å². The van der Waals surface area contributed by atoms with E-state index in [0.717, 1.165) is 19.9 Å². The summed E-state index contributed by atoms with van der Waals surface area (Å²) in [6.07, 6.45) is 0. The second-order valence-electron chi connectivity index (χ2n) is 7.49. The Labute approximate surface area is 207 Å². The summed E-state index contributed by atoms with van der Waals surface area (Å²) in [6.45, 7) is 3.21. The molecule has 33 heavy (non-hydrogen) atoms. The summed E-state index contributed by atoms with van der Waals surface area (Å²) >= 11 is 9.42. The highest BCUT2D eigenvalue weighted by Gasteiger charge is 2.30. The standard InChI is InChI=1S/C24H24BrClN2O4S/c1-16-7-12-22(32-3)23(13-16)33(30,31)28(21-10-8-20(26)9-11-21)15-24(29)27-17(2)18-5-4-6-19(25)14-18/h4-14,17H,15H2,1-3H3,(H,27,29)/t17-/m1/s1. The fourth-order valence-electron chi connectivity index (χ4n) is 3.30. The smallest absolute Gasteiger partial charge is 0.268 e. The van der Waals surface area contributed by atoms with Gasteiger partial charge in [0.05, 0.1) is 18.8 Å². The number of carbonyl (C=O) groups excluding carboxylic acids is 1. The minimum atomic E-state index is -4.14. The molecular weight excluding hydrogens is 528 g/mol. The van der Waals surface area contributed by atoms with Crippen molar-refractivity contribution >= 4 is 49.1 Å². The summed E-state index contributed by atoms with van der Waals surface area (Å²) in [5.74, 6) is -0.255. The van der Waals surface area contributed by atoms with E-state index in [2.05, 4.69) is 21.2 Å². The Hall–Kier alpha value is -2.55. The number of benzene rings is 3. The van der Waals surface area contributed by atoms with E-state index >= 15 is 0 Å². The average Bonchev–Trinajstić information content (AvgIpc) is 2.78. The minimum Gasteiger partial charge on any atom is -0.495 e. The number of aryl methyl sites for hydroxylation is 1. The number of hydrogen-bond acceptors (Lipinski definition) is 4. The zero-order valence-electron chi connectivity index (χ0n) is 18.4. The minimum absolute atomic E-state index is 0.0206. The molecule has 0 bridgehead atoms. The third-order valence-corrected chi connectivity index (χ3v) is 7.56. The number of nitrogens with zero attached hydrogens (tertiary/aromatic N) is 1. The molecule has 3 aromatic rings. The molecule has 6 nitrogen and oxygen atoms in total. The summed E-state index contributed by atoms with van der Waals surface area (Å²) in [5.41, 5.74) is 1.95. The van der Waals surface area contributed by atoms with Gasteiger partial charge in [-0.3, -0.25) is 9.10 Å². The summed E-state index contributed by atoms with van der Waals surface area (Å²) < 4.78 is 34.7. The van der Waals surface area contributed by atoms with Crippen molar-refractivity contribution in [1.29, 1.82) is 0 Å². The molecule has 9 heteroatoms. The van der Waals surface area contributed by atoms with Crippen LogP contribution in [0.25, 0.3) is 0 Å². The molecule has 0 saturated carbocycles. The molecule has 0 aromatic heterocycles. The van der Waals surface area contributed by atoms with Crippen molar-refractivity contribution in [3.8, 4) is 5.75 Å². The SMILES string of the molecule is COc1ccc(C)cc1S(=O)(=O)N(CC(=O)N[C@H](C)c1cccc(Br)c1)c1ccc(Cl)cc1. The van der Waals surface area contributed by atoms with Crippen molar-refractivity contribution in [2.75, 3.05) is 18.0 Å². The van der Waals surface area contributed by atoms with E-state index in [1.54, 1.807) is 43.3 Å². The molecule has 0 heterocycles. The van der Waals surface area contributed by atoms with Crippen LogP contribution >= 0.6 is 27.5 Å². The van der Waals surface area contributed by atoms with E-state index in [1.807, 2.05) is 31.2 Å². The van der Waals surface area contributed by atoms with E-state index in [4.69, 9.17) is 16.3 Å². The molecule has 1 N–H and O–H groups in total. The van der Waals surface area contributed by atoms with Gasteiger partial charge in [0.1, 0.15) is 17.2 Å². The van der Waals surface area contributed by atoms with Gasteiger partial charge in [-0.05, 0) is 73.5 Å². The topological polar surface area (TPSA) is 75.7 Å². The van der Waals surface area contributed by atoms with Gasteiger partial charge in [0.25, 0.3) is 10.0 Å². The van der Waals surface area contributed by atoms with Gasteiger partial charge in [-0.25, -0.2) is 8.42 Å². The molecular formula is C24H24BrClN2O4S. The predicted octanol–water partition coefficient (Wildman–Crippen LogP) is 5.49. The van der Waals surface area contributed by atoms with Gasteiger partial charge in [0.2, 0.25) is 5.91 Å². The first kappa shape index (κ1) is 25.1. The van der Waals surface area contributed by atoms with Gasteiger partial charge in [0, 0.05) is 9.50 Å². The Kier molecular flexibility index (Phi) is 8.05. The number of methoxy groups -OCH3 is 1. The van der Waals surface area contributed by atoms with Crippen LogP contribution in [0.5, 0.6) is 5.75 Å². The molecule has 0 unspecified atom stereocenters. The lowest BCUT2D eigenvalue weighted by molar-refractivity contribution is -0.120. The number of rotatable bonds is 8. The average molecular weight is 552 g/mol. The highest BCUT2D eigenvalue weighted by Crippen LogP contribution is 2.31. The molecule has 1 amide bonds. The van der Waals surface area contributed by atoms with Crippen molar-refractivity contribution in [3.63, 3.8) is 0 Å². The fraction of sp³-hybridized carbons (Fsp3) is 0.208. The van der Waals surface area contributed by atoms with Gasteiger partial charge in [0.15, 0.2) is 0 Å². The quantitative estimate of drug-likeness (QED) is 0.402. The molecule has 0 aliphatic heterocycles. The number of amides is 1. The molecule has 3 rings (SSSR count). The zero-order chi connectivity index (χ0) is 24.2. The maximum absolute atomic E-state index is 13.7. The van der Waals surface area contributed by atoms with Crippen molar-refractivity contribution in [2.45, 2.75) is 24.8 Å². The molecule has 0 fully saturated rings. The Balaban J connectivity index is 1.96. The van der Waals surface area contributed by atoms with Crippen LogP contribution in [0.1, 0.15) is 24.1 Å². The van der Waals surface area contributed by atoms with E-state index in [9.17, 15) is 13.2 Å². The van der Waals surface area contributed by atoms with Gasteiger partial charge >= 0.3 is 0 Å². The Morgan fingerprint density at radius 1 is 1.12 bits per heavy atom. The van der Waals surface area contributed by atoms with Crippen molar-refractivity contribution < 1.29 is 17.9 Å². The zero-order valence-corrected chi connectivity index (χ0v) is 21.5. The van der Waals surface area contributed by atoms with Gasteiger partial charge in [-0.15, -0.1) is 0 Å². The van der Waals surface area contributed by atoms with E-state index < -0.39 is 22.5 Å². The van der Waals surface area contributed by atoms with Crippen LogP contribution in [0, 0.1) is 6.92 Å². The second kappa shape index (κ2) is 10.6. The molecule has 0 spiro atoms. The molecule has 0 radical (unpaired) electrons. The lowest BCUT2D eigenvalue weighted by atomic mass is 10.1. The number of sulfonamides is 1. The number of hydrogen-bond donors (Lipinski definition) is 1. The van der Waals surface area contributed by atoms with E-state index in [-0.39, 0.29) is 16.7 Å². The number of anilines is 1. The highest BCUT2D eigenvalue weighted by molar-refractivity contribution is 9.10. The third-order valence-electron chi connectivity index (χ3n) is 5.02. The van der Waals surface area contributed by atoms with Crippen LogP contribution in [-0.4, -0.2) is 28.0 Å². The maximum Gasteiger partial charge on any atom is 0.268 e. The van der Waals surface area contributed by atoms with Gasteiger partial charge in [-0.2, -0.15) is 0 Å². The Morgan fingerprint density at radius 3 is 2.45 bits per heavy atom. The third kappa shape index (κ3) is 6.07. The largest absolute Gasteiger partial charge is 0.495 e. The Morgan fingerprint density at radius 2 is 1.82 bits per heavy atom. The van der Waals surface area contributed by atoms with Crippen molar-refractivity contribution in [2.24, 2.45) is 0 Å². The molecule has 0 saturated heterocycles. The summed E-state index contributed by atoms with van der Waals surface area (Å²) in [4.78, 5) is 13.0. The van der Waals surface area contributed by atoms with Crippen LogP contribution in [-0.2, 0) is 14.8 Å². The van der Waals surface area contributed by atoms with Crippen LogP contribution in [0.4, 0.5) is 5.69 Å². The lowest BCUT2D eigenvalue weighted by Crippen LogP contribution is -2.41. The fourth-order valence-corrected chi connectivity index (χ4v) is 5.51. The first-order chi connectivity index (χ1) is 15.6. The van der Waals surface area contributed by atoms with E-state index in [1.165, 1.54) is 13.2 Å². The lowest BCUT2D eigenvalue weighted by Gasteiger charge is -2.26. The van der Waals surface area contributed by atoms with E-state index in [0.29, 0.717) is 10.7 Å².